The number of rotatable bonds is 3. The van der Waals surface area contributed by atoms with Crippen molar-refractivity contribution < 1.29 is 4.42 Å². The van der Waals surface area contributed by atoms with E-state index >= 15 is 0 Å². The maximum atomic E-state index is 6.23. The molecule has 0 unspecified atom stereocenters. The molecule has 2 heterocycles. The van der Waals surface area contributed by atoms with E-state index in [9.17, 15) is 0 Å². The first kappa shape index (κ1) is 15.0. The van der Waals surface area contributed by atoms with Crippen LogP contribution in [0.4, 0.5) is 0 Å². The van der Waals surface area contributed by atoms with Gasteiger partial charge in [0.15, 0.2) is 0 Å². The number of oxazole rings is 1. The minimum Gasteiger partial charge on any atom is -0.444 e. The first-order valence-corrected chi connectivity index (χ1v) is 8.19. The summed E-state index contributed by atoms with van der Waals surface area (Å²) in [5.74, 6) is 0.573. The van der Waals surface area contributed by atoms with Crippen LogP contribution in [-0.4, -0.2) is 14.8 Å². The van der Waals surface area contributed by atoms with Gasteiger partial charge in [-0.15, -0.1) is 0 Å². The van der Waals surface area contributed by atoms with E-state index in [0.717, 1.165) is 27.7 Å². The molecule has 5 heteroatoms. The standard InChI is InChI=1S/C19H16ClN3O/c1-12(2)23-18-8-7-13(9-14(18)10-21-23)19-22-17(11-24-19)15-5-3-4-6-16(15)20/h3-12H,1-2H3. The van der Waals surface area contributed by atoms with Gasteiger partial charge in [0.2, 0.25) is 5.89 Å². The number of nitrogens with zero attached hydrogens (tertiary/aromatic N) is 3. The molecule has 2 aromatic carbocycles. The molecule has 24 heavy (non-hydrogen) atoms. The molecule has 0 aliphatic rings. The van der Waals surface area contributed by atoms with Gasteiger partial charge in [0.05, 0.1) is 16.7 Å². The van der Waals surface area contributed by atoms with Crippen LogP contribution in [0.15, 0.2) is 59.3 Å². The summed E-state index contributed by atoms with van der Waals surface area (Å²) in [4.78, 5) is 4.58. The van der Waals surface area contributed by atoms with Gasteiger partial charge in [-0.1, -0.05) is 29.8 Å². The predicted octanol–water partition coefficient (Wildman–Crippen LogP) is 5.59. The summed E-state index contributed by atoms with van der Waals surface area (Å²) in [5, 5.41) is 6.17. The zero-order valence-corrected chi connectivity index (χ0v) is 14.2. The Morgan fingerprint density at radius 1 is 1.12 bits per heavy atom. The molecule has 4 rings (SSSR count). The van der Waals surface area contributed by atoms with Crippen LogP contribution < -0.4 is 0 Å². The third-order valence-corrected chi connectivity index (χ3v) is 4.32. The second-order valence-electron chi connectivity index (χ2n) is 5.97. The van der Waals surface area contributed by atoms with Crippen LogP contribution in [0, 0.1) is 0 Å². The number of hydrogen-bond donors (Lipinski definition) is 0. The molecule has 0 saturated heterocycles. The Balaban J connectivity index is 1.75. The van der Waals surface area contributed by atoms with Crippen molar-refractivity contribution in [2.24, 2.45) is 0 Å². The Kier molecular flexibility index (Phi) is 3.62. The van der Waals surface area contributed by atoms with Gasteiger partial charge in [0.1, 0.15) is 12.0 Å². The highest BCUT2D eigenvalue weighted by Gasteiger charge is 2.13. The summed E-state index contributed by atoms with van der Waals surface area (Å²) in [6.45, 7) is 4.23. The molecule has 0 saturated carbocycles. The van der Waals surface area contributed by atoms with Crippen LogP contribution >= 0.6 is 11.6 Å². The molecule has 0 amide bonds. The van der Waals surface area contributed by atoms with Crippen LogP contribution in [0.2, 0.25) is 5.02 Å². The van der Waals surface area contributed by atoms with E-state index in [1.807, 2.05) is 47.3 Å². The molecule has 0 aliphatic heterocycles. The Labute approximate surface area is 144 Å². The Morgan fingerprint density at radius 3 is 2.75 bits per heavy atom. The van der Waals surface area contributed by atoms with Crippen molar-refractivity contribution in [3.8, 4) is 22.7 Å². The summed E-state index contributed by atoms with van der Waals surface area (Å²) < 4.78 is 7.67. The number of halogens is 1. The van der Waals surface area contributed by atoms with Crippen molar-refractivity contribution in [2.45, 2.75) is 19.9 Å². The summed E-state index contributed by atoms with van der Waals surface area (Å²) in [6, 6.07) is 14.0. The van der Waals surface area contributed by atoms with Crippen LogP contribution in [0.3, 0.4) is 0 Å². The Bertz CT molecular complexity index is 1020. The quantitative estimate of drug-likeness (QED) is 0.489. The number of fused-ring (bicyclic) bond motifs is 1. The van der Waals surface area contributed by atoms with Gasteiger partial charge >= 0.3 is 0 Å². The summed E-state index contributed by atoms with van der Waals surface area (Å²) in [6.07, 6.45) is 3.51. The average molecular weight is 338 g/mol. The highest BCUT2D eigenvalue weighted by molar-refractivity contribution is 6.33. The SMILES string of the molecule is CC(C)n1ncc2cc(-c3nc(-c4ccccc4Cl)co3)ccc21. The van der Waals surface area contributed by atoms with E-state index in [4.69, 9.17) is 16.0 Å². The molecule has 0 radical (unpaired) electrons. The normalized spacial score (nSPS) is 11.5. The topological polar surface area (TPSA) is 43.9 Å². The lowest BCUT2D eigenvalue weighted by molar-refractivity contribution is 0.551. The molecule has 2 aromatic heterocycles. The minimum absolute atomic E-state index is 0.321. The average Bonchev–Trinajstić information content (AvgIpc) is 3.21. The van der Waals surface area contributed by atoms with Gasteiger partial charge in [-0.3, -0.25) is 4.68 Å². The summed E-state index contributed by atoms with van der Waals surface area (Å²) in [5.41, 5.74) is 3.62. The molecule has 120 valence electrons. The fraction of sp³-hybridized carbons (Fsp3) is 0.158. The van der Waals surface area contributed by atoms with Gasteiger partial charge in [0, 0.05) is 22.6 Å². The fourth-order valence-electron chi connectivity index (χ4n) is 2.80. The van der Waals surface area contributed by atoms with Gasteiger partial charge < -0.3 is 4.42 Å². The number of aromatic nitrogens is 3. The molecular weight excluding hydrogens is 322 g/mol. The molecule has 0 bridgehead atoms. The Hall–Kier alpha value is -2.59. The van der Waals surface area contributed by atoms with E-state index in [1.54, 1.807) is 6.26 Å². The maximum absolute atomic E-state index is 6.23. The van der Waals surface area contributed by atoms with Gasteiger partial charge in [-0.05, 0) is 38.1 Å². The maximum Gasteiger partial charge on any atom is 0.226 e. The highest BCUT2D eigenvalue weighted by Crippen LogP contribution is 2.31. The molecule has 0 N–H and O–H groups in total. The molecule has 0 aliphatic carbocycles. The third-order valence-electron chi connectivity index (χ3n) is 3.99. The molecule has 0 atom stereocenters. The second kappa shape index (κ2) is 5.80. The molecular formula is C19H16ClN3O. The van der Waals surface area contributed by atoms with Gasteiger partial charge in [-0.2, -0.15) is 5.10 Å². The van der Waals surface area contributed by atoms with E-state index in [0.29, 0.717) is 17.0 Å². The first-order chi connectivity index (χ1) is 11.6. The fourth-order valence-corrected chi connectivity index (χ4v) is 3.03. The van der Waals surface area contributed by atoms with Crippen LogP contribution in [0.1, 0.15) is 19.9 Å². The van der Waals surface area contributed by atoms with Crippen molar-refractivity contribution in [1.82, 2.24) is 14.8 Å². The van der Waals surface area contributed by atoms with Crippen molar-refractivity contribution in [3.05, 3.63) is 59.9 Å². The van der Waals surface area contributed by atoms with E-state index in [-0.39, 0.29) is 0 Å². The van der Waals surface area contributed by atoms with Crippen LogP contribution in [-0.2, 0) is 0 Å². The predicted molar refractivity (Wildman–Crippen MR) is 96.1 cm³/mol. The lowest BCUT2D eigenvalue weighted by atomic mass is 10.1. The minimum atomic E-state index is 0.321. The second-order valence-corrected chi connectivity index (χ2v) is 6.38. The summed E-state index contributed by atoms with van der Waals surface area (Å²) >= 11 is 6.23. The highest BCUT2D eigenvalue weighted by atomic mass is 35.5. The smallest absolute Gasteiger partial charge is 0.226 e. The summed E-state index contributed by atoms with van der Waals surface area (Å²) in [7, 11) is 0. The molecule has 0 spiro atoms. The lowest BCUT2D eigenvalue weighted by Crippen LogP contribution is -2.01. The zero-order valence-electron chi connectivity index (χ0n) is 13.4. The number of hydrogen-bond acceptors (Lipinski definition) is 3. The van der Waals surface area contributed by atoms with Crippen molar-refractivity contribution >= 4 is 22.5 Å². The molecule has 4 nitrogen and oxygen atoms in total. The van der Waals surface area contributed by atoms with Crippen molar-refractivity contribution in [2.75, 3.05) is 0 Å². The largest absolute Gasteiger partial charge is 0.444 e. The van der Waals surface area contributed by atoms with E-state index < -0.39 is 0 Å². The number of benzene rings is 2. The van der Waals surface area contributed by atoms with Crippen molar-refractivity contribution in [1.29, 1.82) is 0 Å². The zero-order chi connectivity index (χ0) is 16.7. The van der Waals surface area contributed by atoms with Crippen LogP contribution in [0.5, 0.6) is 0 Å². The van der Waals surface area contributed by atoms with Gasteiger partial charge in [-0.25, -0.2) is 4.98 Å². The monoisotopic (exact) mass is 337 g/mol. The third kappa shape index (κ3) is 2.49. The van der Waals surface area contributed by atoms with E-state index in [1.165, 1.54) is 0 Å². The van der Waals surface area contributed by atoms with Crippen LogP contribution in [0.25, 0.3) is 33.6 Å². The molecule has 0 fully saturated rings. The molecule has 4 aromatic rings. The Morgan fingerprint density at radius 2 is 1.96 bits per heavy atom. The van der Waals surface area contributed by atoms with Crippen molar-refractivity contribution in [3.63, 3.8) is 0 Å². The lowest BCUT2D eigenvalue weighted by Gasteiger charge is -2.06. The van der Waals surface area contributed by atoms with E-state index in [2.05, 4.69) is 30.0 Å². The first-order valence-electron chi connectivity index (χ1n) is 7.81. The van der Waals surface area contributed by atoms with Gasteiger partial charge in [0.25, 0.3) is 0 Å².